The fraction of sp³-hybridized carbons (Fsp3) is 0.156. The van der Waals surface area contributed by atoms with E-state index in [1.807, 2.05) is 4.93 Å². The minimum Gasteiger partial charge on any atom is -0.455 e. The van der Waals surface area contributed by atoms with E-state index >= 15 is 0 Å². The van der Waals surface area contributed by atoms with Crippen LogP contribution in [0.1, 0.15) is 31.1 Å². The Kier molecular flexibility index (Phi) is 26.0. The molecule has 0 saturated carbocycles. The van der Waals surface area contributed by atoms with E-state index in [9.17, 15) is 80.4 Å². The minimum atomic E-state index is -3.82. The molecule has 0 aliphatic carbocycles. The van der Waals surface area contributed by atoms with Crippen LogP contribution in [0.15, 0.2) is 228 Å². The SMILES string of the molecule is CI.CNC(=O)c1c(-c2ccc(F)cc2)oc2cc(N(C)S(C)(=O)=O)c(-c3cn(C)c(=O)c(-c4cc5c(F)cccc5[nH]4)n3)cc12.CNC(=O)c1c(-c2ccc(F)cc2)oc2cc(N(C)S(C)(=O)=O)c(-c3cn(C)c(=O)c(-c4cc5c(F)cccc5n4C)n3)cc12.CNC(=O)c1c(-c2ccc(F)cc2)oc2cc(N(C)S(C)(=O)=O)c(-c3cn(C)c(=O)c(-c4cc5c(F)cccc5n4C)n3)cc12. The lowest BCUT2D eigenvalue weighted by atomic mass is 10.0. The highest BCUT2D eigenvalue weighted by molar-refractivity contribution is 14.1. The largest absolute Gasteiger partial charge is 0.455 e. The van der Waals surface area contributed by atoms with Gasteiger partial charge in [0.15, 0.2) is 17.1 Å². The van der Waals surface area contributed by atoms with E-state index in [4.69, 9.17) is 13.3 Å². The minimum absolute atomic E-state index is 0.00637. The smallest absolute Gasteiger partial charge is 0.278 e. The van der Waals surface area contributed by atoms with E-state index in [1.165, 1.54) is 217 Å². The van der Waals surface area contributed by atoms with Gasteiger partial charge in [-0.1, -0.05) is 40.8 Å². The Morgan fingerprint density at radius 1 is 0.382 bits per heavy atom. The Morgan fingerprint density at radius 2 is 0.669 bits per heavy atom. The highest BCUT2D eigenvalue weighted by Crippen LogP contribution is 2.46. The maximum Gasteiger partial charge on any atom is 0.278 e. The van der Waals surface area contributed by atoms with Gasteiger partial charge in [-0.05, 0) is 151 Å². The number of furan rings is 3. The first-order valence-corrected chi connectivity index (χ1v) is 48.6. The predicted octanol–water partition coefficient (Wildman–Crippen LogP) is 16.2. The van der Waals surface area contributed by atoms with E-state index in [-0.39, 0.29) is 130 Å². The number of nitrogens with one attached hydrogen (secondary N) is 4. The van der Waals surface area contributed by atoms with Crippen molar-refractivity contribution in [1.29, 1.82) is 0 Å². The topological polar surface area (TPSA) is 369 Å². The Morgan fingerprint density at radius 3 is 0.956 bits per heavy atom. The van der Waals surface area contributed by atoms with Gasteiger partial charge in [-0.25, -0.2) is 66.5 Å². The van der Waals surface area contributed by atoms with Gasteiger partial charge in [0.05, 0.1) is 97.7 Å². The number of anilines is 3. The number of halogens is 7. The van der Waals surface area contributed by atoms with Gasteiger partial charge < -0.3 is 57.0 Å². The molecule has 0 bridgehead atoms. The number of alkyl halides is 1. The lowest BCUT2D eigenvalue weighted by Crippen LogP contribution is -2.26. The molecule has 0 spiro atoms. The van der Waals surface area contributed by atoms with Gasteiger partial charge in [0.1, 0.15) is 68.9 Å². The number of nitrogens with zero attached hydrogens (tertiary/aromatic N) is 11. The Balaban J connectivity index is 0.000000154. The molecule has 0 aliphatic heterocycles. The second kappa shape index (κ2) is 37.0. The van der Waals surface area contributed by atoms with Gasteiger partial charge in [0.25, 0.3) is 34.4 Å². The zero-order valence-electron chi connectivity index (χ0n) is 75.0. The quantitative estimate of drug-likeness (QED) is 0.0352. The first-order valence-electron chi connectivity index (χ1n) is 40.9. The summed E-state index contributed by atoms with van der Waals surface area (Å²) >= 11 is 2.15. The van der Waals surface area contributed by atoms with Crippen LogP contribution in [0.4, 0.5) is 43.4 Å². The van der Waals surface area contributed by atoms with E-state index in [0.717, 1.165) is 31.7 Å². The fourth-order valence-electron chi connectivity index (χ4n) is 15.9. The number of rotatable bonds is 18. The maximum absolute atomic E-state index is 14.7. The summed E-state index contributed by atoms with van der Waals surface area (Å²) in [5.41, 5.74) is 5.29. The third-order valence-electron chi connectivity index (χ3n) is 23.1. The lowest BCUT2D eigenvalue weighted by molar-refractivity contribution is 0.0956. The number of hydrogen-bond acceptors (Lipinski definition) is 18. The fourth-order valence-corrected chi connectivity index (χ4v) is 17.4. The number of amides is 3. The Bertz CT molecular complexity index is 8210. The maximum atomic E-state index is 14.7. The van der Waals surface area contributed by atoms with Gasteiger partial charge >= 0.3 is 0 Å². The van der Waals surface area contributed by atoms with Crippen molar-refractivity contribution in [2.24, 2.45) is 35.2 Å². The molecular formula is C96H82F6IN15O15S3. The van der Waals surface area contributed by atoms with Crippen LogP contribution in [-0.4, -0.2) is 152 Å². The normalized spacial score (nSPS) is 11.7. The van der Waals surface area contributed by atoms with Crippen LogP contribution in [0.5, 0.6) is 0 Å². The van der Waals surface area contributed by atoms with Gasteiger partial charge in [0, 0.05) is 186 Å². The van der Waals surface area contributed by atoms with Gasteiger partial charge in [0.2, 0.25) is 30.1 Å². The van der Waals surface area contributed by atoms with Crippen molar-refractivity contribution in [1.82, 2.24) is 58.7 Å². The van der Waals surface area contributed by atoms with Crippen molar-refractivity contribution in [2.75, 3.05) is 78.9 Å². The Hall–Kier alpha value is -15.2. The summed E-state index contributed by atoms with van der Waals surface area (Å²) in [6.45, 7) is 0. The van der Waals surface area contributed by atoms with Crippen molar-refractivity contribution < 1.29 is 79.2 Å². The number of hydrogen-bond donors (Lipinski definition) is 4. The third kappa shape index (κ3) is 17.8. The highest BCUT2D eigenvalue weighted by atomic mass is 127. The van der Waals surface area contributed by atoms with Crippen molar-refractivity contribution in [3.8, 4) is 102 Å². The molecule has 0 unspecified atom stereocenters. The molecule has 9 heterocycles. The number of aromatic nitrogens is 9. The molecule has 0 aliphatic rings. The summed E-state index contributed by atoms with van der Waals surface area (Å²) in [6.07, 6.45) is 7.45. The van der Waals surface area contributed by atoms with Crippen molar-refractivity contribution in [2.45, 2.75) is 0 Å². The zero-order chi connectivity index (χ0) is 98.2. The summed E-state index contributed by atoms with van der Waals surface area (Å²) in [4.78, 5) is 98.7. The van der Waals surface area contributed by atoms with Gasteiger partial charge in [-0.15, -0.1) is 0 Å². The summed E-state index contributed by atoms with van der Waals surface area (Å²) < 4.78 is 190. The van der Waals surface area contributed by atoms with E-state index < -0.39 is 99.4 Å². The van der Waals surface area contributed by atoms with E-state index in [2.05, 4.69) is 58.5 Å². The average Bonchev–Trinajstić information content (AvgIpc) is 1.46. The van der Waals surface area contributed by atoms with Crippen LogP contribution in [0.2, 0.25) is 0 Å². The Labute approximate surface area is 785 Å². The predicted molar refractivity (Wildman–Crippen MR) is 521 cm³/mol. The number of benzene rings is 9. The molecule has 0 saturated heterocycles. The number of sulfonamides is 3. The molecule has 40 heteroatoms. The molecule has 9 aromatic heterocycles. The van der Waals surface area contributed by atoms with Crippen LogP contribution in [0, 0.1) is 34.9 Å². The molecule has 4 N–H and O–H groups in total. The van der Waals surface area contributed by atoms with Crippen LogP contribution in [0.25, 0.3) is 168 Å². The molecule has 18 rings (SSSR count). The number of aryl methyl sites for hydroxylation is 5. The highest BCUT2D eigenvalue weighted by Gasteiger charge is 2.33. The average molecular weight is 2020 g/mol. The lowest BCUT2D eigenvalue weighted by Gasteiger charge is -2.21. The molecule has 0 atom stereocenters. The molecular weight excluding hydrogens is 1940 g/mol. The number of carbonyl (C=O) groups is 3. The second-order valence-corrected chi connectivity index (χ2v) is 37.6. The van der Waals surface area contributed by atoms with Crippen LogP contribution in [-0.2, 0) is 65.3 Å². The molecule has 0 fully saturated rings. The summed E-state index contributed by atoms with van der Waals surface area (Å²) in [5, 5.41) is 9.68. The first-order chi connectivity index (χ1) is 64.5. The third-order valence-corrected chi connectivity index (χ3v) is 26.6. The van der Waals surface area contributed by atoms with Crippen LogP contribution < -0.4 is 45.5 Å². The molecule has 30 nitrogen and oxygen atoms in total. The molecule has 0 radical (unpaired) electrons. The van der Waals surface area contributed by atoms with E-state index in [0.29, 0.717) is 71.6 Å². The number of carbonyl (C=O) groups excluding carboxylic acids is 3. The molecule has 698 valence electrons. The first kappa shape index (κ1) is 95.4. The molecule has 3 amide bonds. The van der Waals surface area contributed by atoms with Gasteiger partial charge in [-0.2, -0.15) is 0 Å². The van der Waals surface area contributed by atoms with Crippen molar-refractivity contribution >= 4 is 153 Å². The number of fused-ring (bicyclic) bond motifs is 6. The van der Waals surface area contributed by atoms with Crippen LogP contribution >= 0.6 is 22.6 Å². The van der Waals surface area contributed by atoms with Gasteiger partial charge in [-0.3, -0.25) is 41.7 Å². The molecule has 136 heavy (non-hydrogen) atoms. The number of aromatic amines is 1. The summed E-state index contributed by atoms with van der Waals surface area (Å²) in [6, 6.07) is 43.7. The van der Waals surface area contributed by atoms with Crippen LogP contribution in [0.3, 0.4) is 0 Å². The number of H-pyrrole nitrogens is 1. The molecule has 18 aromatic rings. The summed E-state index contributed by atoms with van der Waals surface area (Å²) in [5.74, 6) is -3.81. The summed E-state index contributed by atoms with van der Waals surface area (Å²) in [7, 11) is 4.94. The monoisotopic (exact) mass is 2020 g/mol. The zero-order valence-corrected chi connectivity index (χ0v) is 79.6. The second-order valence-electron chi connectivity index (χ2n) is 31.5. The van der Waals surface area contributed by atoms with Crippen molar-refractivity contribution in [3.63, 3.8) is 0 Å². The van der Waals surface area contributed by atoms with E-state index in [1.54, 1.807) is 83.9 Å². The standard InChI is InChI=1S/2C32H27F2N5O5S.C31H25F2N5O5S.CH3I/c2*1-35-31(40)28-21-13-20(25(39(4)45(5,42)43)15-27(21)44-30(28)17-9-11-18(33)12-10-17)23-16-37(2)32(41)29(36-23)26-14-19-22(34)7-6-8-24(19)38(26)3;1-34-30(39)27-20-12-19(24-15-37(2)31(40)28(36-24)23-13-18-21(33)6-5-7-22(18)35-23)25(38(3)44(4,41)42)14-26(20)43-29(27)16-8-10-17(32)11-9-16;1-2/h2*6-16H,1-5H3,(H,35,40);5-15,35H,1-4H3,(H,34,39);1H3. The van der Waals surface area contributed by atoms with Crippen molar-refractivity contribution in [3.05, 3.63) is 283 Å². The molecule has 9 aromatic carbocycles.